The summed E-state index contributed by atoms with van der Waals surface area (Å²) in [7, 11) is 0. The third-order valence-electron chi connectivity index (χ3n) is 4.24. The van der Waals surface area contributed by atoms with E-state index in [1.54, 1.807) is 0 Å². The second-order valence-electron chi connectivity index (χ2n) is 6.09. The molecule has 1 aromatic rings. The van der Waals surface area contributed by atoms with E-state index in [4.69, 9.17) is 16.6 Å². The number of ether oxygens (including phenoxy) is 1. The van der Waals surface area contributed by atoms with Crippen molar-refractivity contribution < 1.29 is 37.4 Å². The molecular weight excluding hydrogens is 413 g/mol. The van der Waals surface area contributed by atoms with E-state index < -0.39 is 53.0 Å². The van der Waals surface area contributed by atoms with Gasteiger partial charge in [-0.15, -0.1) is 0 Å². The number of carbonyl (C=O) groups is 3. The van der Waals surface area contributed by atoms with Crippen LogP contribution in [-0.4, -0.2) is 53.3 Å². The van der Waals surface area contributed by atoms with Gasteiger partial charge in [-0.05, 0) is 12.1 Å². The number of nitrogens with one attached hydrogen (secondary N) is 1. The van der Waals surface area contributed by atoms with Crippen LogP contribution >= 0.6 is 0 Å². The summed E-state index contributed by atoms with van der Waals surface area (Å²) in [6, 6.07) is 2.03. The molecule has 0 aliphatic carbocycles. The average Bonchev–Trinajstić information content (AvgIpc) is 3.07. The molecule has 0 saturated carbocycles. The van der Waals surface area contributed by atoms with Gasteiger partial charge >= 0.3 is 18.4 Å². The SMILES string of the molecule is NC(=O)c1cccc(C(F)(F)F)c1N1C(N2CCNC2=O)=NC=C(OC(=O)O)C1N. The molecule has 3 amide bonds. The Bertz CT molecular complexity index is 977. The van der Waals surface area contributed by atoms with Crippen molar-refractivity contribution in [1.82, 2.24) is 10.2 Å². The predicted molar refractivity (Wildman–Crippen MR) is 95.1 cm³/mol. The van der Waals surface area contributed by atoms with Gasteiger partial charge in [0.2, 0.25) is 5.96 Å². The van der Waals surface area contributed by atoms with Crippen LogP contribution in [0.25, 0.3) is 0 Å². The van der Waals surface area contributed by atoms with Gasteiger partial charge in [0.1, 0.15) is 6.17 Å². The van der Waals surface area contributed by atoms with E-state index in [0.717, 1.165) is 23.2 Å². The van der Waals surface area contributed by atoms with Crippen LogP contribution in [0.3, 0.4) is 0 Å². The zero-order valence-electron chi connectivity index (χ0n) is 15.0. The molecule has 2 heterocycles. The molecular formula is C16H15F3N6O5. The van der Waals surface area contributed by atoms with Crippen molar-refractivity contribution in [1.29, 1.82) is 0 Å². The number of guanidine groups is 1. The number of rotatable bonds is 3. The molecule has 3 rings (SSSR count). The summed E-state index contributed by atoms with van der Waals surface area (Å²) < 4.78 is 45.8. The van der Waals surface area contributed by atoms with Gasteiger partial charge in [-0.25, -0.2) is 14.6 Å². The number of carbonyl (C=O) groups excluding carboxylic acids is 2. The summed E-state index contributed by atoms with van der Waals surface area (Å²) in [6.07, 6.45) is -7.54. The van der Waals surface area contributed by atoms with Crippen LogP contribution in [0, 0.1) is 0 Å². The molecule has 160 valence electrons. The Hall–Kier alpha value is -3.81. The maximum Gasteiger partial charge on any atom is 0.511 e. The first-order valence-corrected chi connectivity index (χ1v) is 8.31. The number of hydrogen-bond acceptors (Lipinski definition) is 7. The number of para-hydroxylation sites is 1. The largest absolute Gasteiger partial charge is 0.511 e. The Balaban J connectivity index is 2.26. The fourth-order valence-electron chi connectivity index (χ4n) is 3.03. The van der Waals surface area contributed by atoms with E-state index in [9.17, 15) is 27.6 Å². The number of primary amides is 1. The van der Waals surface area contributed by atoms with Crippen molar-refractivity contribution in [2.45, 2.75) is 12.3 Å². The zero-order valence-corrected chi connectivity index (χ0v) is 15.0. The molecule has 2 aliphatic heterocycles. The first-order valence-electron chi connectivity index (χ1n) is 8.31. The third-order valence-corrected chi connectivity index (χ3v) is 4.24. The van der Waals surface area contributed by atoms with Crippen LogP contribution < -0.4 is 21.7 Å². The topological polar surface area (TPSA) is 164 Å². The average molecular weight is 428 g/mol. The molecule has 1 unspecified atom stereocenters. The molecule has 1 fully saturated rings. The molecule has 0 spiro atoms. The van der Waals surface area contributed by atoms with Gasteiger partial charge in [-0.1, -0.05) is 6.07 Å². The Morgan fingerprint density at radius 2 is 2.03 bits per heavy atom. The number of nitrogens with zero attached hydrogens (tertiary/aromatic N) is 3. The standard InChI is InChI=1S/C16H15F3N6O5/c17-16(18,19)8-3-1-2-7(12(21)26)10(8)25-11(20)9(30-15(28)29)6-23-13(25)24-5-4-22-14(24)27/h1-3,6,11H,4-5,20H2,(H2,21,26)(H,22,27)(H,28,29). The van der Waals surface area contributed by atoms with Gasteiger partial charge in [0, 0.05) is 13.1 Å². The molecule has 0 radical (unpaired) electrons. The van der Waals surface area contributed by atoms with Gasteiger partial charge in [-0.3, -0.25) is 14.6 Å². The minimum absolute atomic E-state index is 0.0317. The lowest BCUT2D eigenvalue weighted by Crippen LogP contribution is -2.57. The number of nitrogens with two attached hydrogens (primary N) is 2. The lowest BCUT2D eigenvalue weighted by molar-refractivity contribution is -0.137. The van der Waals surface area contributed by atoms with Crippen LogP contribution in [0.4, 0.5) is 28.4 Å². The number of aliphatic imine (C=N–C) groups is 1. The van der Waals surface area contributed by atoms with E-state index in [0.29, 0.717) is 11.0 Å². The number of urea groups is 1. The monoisotopic (exact) mass is 428 g/mol. The van der Waals surface area contributed by atoms with E-state index in [1.165, 1.54) is 0 Å². The van der Waals surface area contributed by atoms with Crippen LogP contribution in [0.15, 0.2) is 35.2 Å². The molecule has 2 aliphatic rings. The summed E-state index contributed by atoms with van der Waals surface area (Å²) in [5.41, 5.74) is 8.62. The highest BCUT2D eigenvalue weighted by atomic mass is 19.4. The van der Waals surface area contributed by atoms with Crippen molar-refractivity contribution in [3.8, 4) is 0 Å². The fourth-order valence-corrected chi connectivity index (χ4v) is 3.03. The Morgan fingerprint density at radius 1 is 1.33 bits per heavy atom. The summed E-state index contributed by atoms with van der Waals surface area (Å²) >= 11 is 0. The molecule has 1 atom stereocenters. The Labute approximate surface area is 166 Å². The van der Waals surface area contributed by atoms with Crippen LogP contribution in [0.1, 0.15) is 15.9 Å². The summed E-state index contributed by atoms with van der Waals surface area (Å²) in [6.45, 7) is 0.205. The van der Waals surface area contributed by atoms with Crippen LogP contribution in [-0.2, 0) is 10.9 Å². The van der Waals surface area contributed by atoms with Crippen molar-refractivity contribution >= 4 is 29.7 Å². The van der Waals surface area contributed by atoms with E-state index in [-0.39, 0.29) is 19.0 Å². The van der Waals surface area contributed by atoms with Gasteiger partial charge in [0.15, 0.2) is 5.76 Å². The van der Waals surface area contributed by atoms with Crippen molar-refractivity contribution in [3.63, 3.8) is 0 Å². The number of alkyl halides is 3. The molecule has 11 nitrogen and oxygen atoms in total. The fraction of sp³-hybridized carbons (Fsp3) is 0.250. The Morgan fingerprint density at radius 3 is 2.57 bits per heavy atom. The second kappa shape index (κ2) is 7.55. The number of carboxylic acid groups (broad SMARTS) is 1. The first-order chi connectivity index (χ1) is 14.0. The maximum absolute atomic E-state index is 13.8. The molecule has 1 saturated heterocycles. The van der Waals surface area contributed by atoms with E-state index in [2.05, 4.69) is 15.0 Å². The number of halogens is 3. The van der Waals surface area contributed by atoms with Crippen molar-refractivity contribution in [3.05, 3.63) is 41.3 Å². The molecule has 1 aromatic carbocycles. The summed E-state index contributed by atoms with van der Waals surface area (Å²) in [5.74, 6) is -2.10. The lowest BCUT2D eigenvalue weighted by atomic mass is 10.0. The number of amides is 3. The second-order valence-corrected chi connectivity index (χ2v) is 6.09. The van der Waals surface area contributed by atoms with E-state index >= 15 is 0 Å². The first kappa shape index (κ1) is 20.9. The molecule has 0 bridgehead atoms. The quantitative estimate of drug-likeness (QED) is 0.518. The van der Waals surface area contributed by atoms with Gasteiger partial charge in [-0.2, -0.15) is 13.2 Å². The van der Waals surface area contributed by atoms with Crippen molar-refractivity contribution in [2.75, 3.05) is 18.0 Å². The zero-order chi connectivity index (χ0) is 22.2. The highest BCUT2D eigenvalue weighted by Gasteiger charge is 2.43. The third kappa shape index (κ3) is 3.71. The molecule has 30 heavy (non-hydrogen) atoms. The molecule has 6 N–H and O–H groups in total. The maximum atomic E-state index is 13.8. The normalized spacial score (nSPS) is 19.2. The van der Waals surface area contributed by atoms with Gasteiger partial charge < -0.3 is 26.6 Å². The van der Waals surface area contributed by atoms with Crippen LogP contribution in [0.5, 0.6) is 0 Å². The predicted octanol–water partition coefficient (Wildman–Crippen LogP) is 0.826. The van der Waals surface area contributed by atoms with Gasteiger partial charge in [0.05, 0.1) is 23.0 Å². The number of benzene rings is 1. The van der Waals surface area contributed by atoms with E-state index in [1.807, 2.05) is 0 Å². The number of anilines is 1. The smallest absolute Gasteiger partial charge is 0.449 e. The number of hydrogen-bond donors (Lipinski definition) is 4. The minimum Gasteiger partial charge on any atom is -0.449 e. The summed E-state index contributed by atoms with van der Waals surface area (Å²) in [4.78, 5) is 40.6. The van der Waals surface area contributed by atoms with Crippen molar-refractivity contribution in [2.24, 2.45) is 16.5 Å². The highest BCUT2D eigenvalue weighted by molar-refractivity contribution is 6.11. The highest BCUT2D eigenvalue weighted by Crippen LogP contribution is 2.40. The van der Waals surface area contributed by atoms with Gasteiger partial charge in [0.25, 0.3) is 5.91 Å². The Kier molecular flexibility index (Phi) is 5.26. The molecule has 0 aromatic heterocycles. The lowest BCUT2D eigenvalue weighted by Gasteiger charge is -2.38. The summed E-state index contributed by atoms with van der Waals surface area (Å²) in [5, 5.41) is 11.3. The molecule has 14 heteroatoms. The van der Waals surface area contributed by atoms with Crippen LogP contribution in [0.2, 0.25) is 0 Å². The minimum atomic E-state index is -4.95.